The fourth-order valence-electron chi connectivity index (χ4n) is 3.18. The van der Waals surface area contributed by atoms with E-state index in [1.54, 1.807) is 60.7 Å². The van der Waals surface area contributed by atoms with Gasteiger partial charge in [-0.05, 0) is 79.2 Å². The largest absolute Gasteiger partial charge is 0.462 e. The van der Waals surface area contributed by atoms with Gasteiger partial charge in [0.15, 0.2) is 6.61 Å². The molecule has 3 aromatic rings. The van der Waals surface area contributed by atoms with Crippen LogP contribution in [-0.2, 0) is 23.9 Å². The highest BCUT2D eigenvalue weighted by molar-refractivity contribution is 6.30. The van der Waals surface area contributed by atoms with Crippen molar-refractivity contribution in [1.82, 2.24) is 0 Å². The number of hydrogen-bond donors (Lipinski definition) is 2. The lowest BCUT2D eigenvalue weighted by molar-refractivity contribution is -0.147. The Bertz CT molecular complexity index is 1260. The number of hydrogen-bond acceptors (Lipinski definition) is 7. The predicted octanol–water partition coefficient (Wildman–Crippen LogP) is 5.99. The lowest BCUT2D eigenvalue weighted by Crippen LogP contribution is -2.21. The Morgan fingerprint density at radius 2 is 1.28 bits per heavy atom. The molecule has 0 spiro atoms. The summed E-state index contributed by atoms with van der Waals surface area (Å²) in [4.78, 5) is 48.1. The highest BCUT2D eigenvalue weighted by atomic mass is 35.5. The molecular weight excluding hydrogens is 524 g/mol. The molecule has 3 rings (SSSR count). The van der Waals surface area contributed by atoms with E-state index in [0.717, 1.165) is 12.8 Å². The second-order valence-corrected chi connectivity index (χ2v) is 8.84. The topological polar surface area (TPSA) is 120 Å². The molecule has 0 atom stereocenters. The summed E-state index contributed by atoms with van der Waals surface area (Å²) in [6.07, 6.45) is 1.41. The van der Waals surface area contributed by atoms with E-state index < -0.39 is 24.5 Å². The number of nitrogens with one attached hydrogen (secondary N) is 2. The van der Waals surface area contributed by atoms with Crippen molar-refractivity contribution < 1.29 is 33.4 Å². The van der Waals surface area contributed by atoms with E-state index in [-0.39, 0.29) is 18.7 Å². The first-order chi connectivity index (χ1) is 18.8. The van der Waals surface area contributed by atoms with Gasteiger partial charge in [-0.2, -0.15) is 0 Å². The summed E-state index contributed by atoms with van der Waals surface area (Å²) in [6, 6.07) is 19.8. The molecule has 2 amide bonds. The van der Waals surface area contributed by atoms with Crippen LogP contribution in [0.1, 0.15) is 43.0 Å². The molecule has 0 saturated carbocycles. The number of carbonyl (C=O) groups is 4. The molecule has 0 aromatic heterocycles. The van der Waals surface area contributed by atoms with Crippen molar-refractivity contribution in [3.05, 3.63) is 83.4 Å². The van der Waals surface area contributed by atoms with Crippen LogP contribution >= 0.6 is 11.6 Å². The number of halogens is 1. The molecule has 0 aliphatic rings. The van der Waals surface area contributed by atoms with Gasteiger partial charge in [-0.25, -0.2) is 4.79 Å². The monoisotopic (exact) mass is 552 g/mol. The van der Waals surface area contributed by atoms with Crippen LogP contribution in [0.4, 0.5) is 11.4 Å². The van der Waals surface area contributed by atoms with Gasteiger partial charge in [0.05, 0.1) is 18.6 Å². The molecule has 0 aliphatic carbocycles. The quantitative estimate of drug-likeness (QED) is 0.197. The minimum absolute atomic E-state index is 0.112. The molecule has 9 nitrogen and oxygen atoms in total. The van der Waals surface area contributed by atoms with Gasteiger partial charge < -0.3 is 24.8 Å². The number of esters is 2. The van der Waals surface area contributed by atoms with Crippen molar-refractivity contribution >= 4 is 46.7 Å². The lowest BCUT2D eigenvalue weighted by Gasteiger charge is -2.09. The third-order valence-electron chi connectivity index (χ3n) is 5.24. The van der Waals surface area contributed by atoms with Gasteiger partial charge in [-0.1, -0.05) is 24.9 Å². The molecule has 39 heavy (non-hydrogen) atoms. The molecule has 0 saturated heterocycles. The summed E-state index contributed by atoms with van der Waals surface area (Å²) in [5, 5.41) is 5.87. The van der Waals surface area contributed by atoms with Gasteiger partial charge in [-0.15, -0.1) is 0 Å². The summed E-state index contributed by atoms with van der Waals surface area (Å²) in [5.41, 5.74) is 1.34. The summed E-state index contributed by atoms with van der Waals surface area (Å²) < 4.78 is 15.8. The number of ether oxygens (including phenoxy) is 3. The van der Waals surface area contributed by atoms with Crippen LogP contribution in [0.3, 0.4) is 0 Å². The Labute approximate surface area is 231 Å². The molecule has 0 heterocycles. The summed E-state index contributed by atoms with van der Waals surface area (Å²) >= 11 is 5.86. The van der Waals surface area contributed by atoms with Crippen LogP contribution < -0.4 is 15.4 Å². The first-order valence-electron chi connectivity index (χ1n) is 12.4. The highest BCUT2D eigenvalue weighted by Crippen LogP contribution is 2.24. The van der Waals surface area contributed by atoms with E-state index in [4.69, 9.17) is 25.8 Å². The molecule has 0 bridgehead atoms. The Balaban J connectivity index is 1.33. The van der Waals surface area contributed by atoms with Crippen LogP contribution in [-0.4, -0.2) is 37.0 Å². The molecule has 0 unspecified atom stereocenters. The Kier molecular flexibility index (Phi) is 11.3. The van der Waals surface area contributed by atoms with Gasteiger partial charge in [-0.3, -0.25) is 14.4 Å². The number of anilines is 2. The Morgan fingerprint density at radius 1 is 0.718 bits per heavy atom. The maximum absolute atomic E-state index is 12.2. The molecule has 204 valence electrons. The van der Waals surface area contributed by atoms with E-state index in [2.05, 4.69) is 10.6 Å². The highest BCUT2D eigenvalue weighted by Gasteiger charge is 2.12. The standard InChI is InChI=1S/C29H29ClN2O7/c1-2-3-18-37-29(36)20-4-8-22(9-5-20)32-27(34)19-38-28(35)17-16-26(33)31-23-10-14-25(15-11-23)39-24-12-6-21(30)7-13-24/h4-15H,2-3,16-19H2,1H3,(H,31,33)(H,32,34). The second kappa shape index (κ2) is 15.1. The zero-order valence-electron chi connectivity index (χ0n) is 21.4. The molecular formula is C29H29ClN2O7. The first-order valence-corrected chi connectivity index (χ1v) is 12.8. The third-order valence-corrected chi connectivity index (χ3v) is 5.50. The fraction of sp³-hybridized carbons (Fsp3) is 0.241. The number of amides is 2. The summed E-state index contributed by atoms with van der Waals surface area (Å²) in [5.74, 6) is -0.834. The van der Waals surface area contributed by atoms with Crippen LogP contribution in [0.15, 0.2) is 72.8 Å². The molecule has 2 N–H and O–H groups in total. The first kappa shape index (κ1) is 29.2. The van der Waals surface area contributed by atoms with Crippen LogP contribution in [0.2, 0.25) is 5.02 Å². The minimum atomic E-state index is -0.683. The molecule has 10 heteroatoms. The van der Waals surface area contributed by atoms with Gasteiger partial charge in [0.2, 0.25) is 5.91 Å². The number of rotatable bonds is 13. The van der Waals surface area contributed by atoms with Gasteiger partial charge in [0.25, 0.3) is 5.91 Å². The minimum Gasteiger partial charge on any atom is -0.462 e. The number of carbonyl (C=O) groups excluding carboxylic acids is 4. The zero-order valence-corrected chi connectivity index (χ0v) is 22.2. The van der Waals surface area contributed by atoms with Crippen LogP contribution in [0.25, 0.3) is 0 Å². The summed E-state index contributed by atoms with van der Waals surface area (Å²) in [6.45, 7) is 1.85. The Morgan fingerprint density at radius 3 is 1.90 bits per heavy atom. The maximum atomic E-state index is 12.2. The normalized spacial score (nSPS) is 10.3. The van der Waals surface area contributed by atoms with Crippen molar-refractivity contribution in [2.24, 2.45) is 0 Å². The van der Waals surface area contributed by atoms with E-state index in [0.29, 0.717) is 40.1 Å². The Hall–Kier alpha value is -4.37. The van der Waals surface area contributed by atoms with Crippen molar-refractivity contribution in [2.75, 3.05) is 23.8 Å². The second-order valence-electron chi connectivity index (χ2n) is 8.40. The van der Waals surface area contributed by atoms with E-state index >= 15 is 0 Å². The van der Waals surface area contributed by atoms with Crippen molar-refractivity contribution in [3.63, 3.8) is 0 Å². The van der Waals surface area contributed by atoms with E-state index in [1.165, 1.54) is 12.1 Å². The average molecular weight is 553 g/mol. The van der Waals surface area contributed by atoms with E-state index in [9.17, 15) is 19.2 Å². The van der Waals surface area contributed by atoms with Crippen LogP contribution in [0, 0.1) is 0 Å². The molecule has 3 aromatic carbocycles. The maximum Gasteiger partial charge on any atom is 0.338 e. The average Bonchev–Trinajstić information content (AvgIpc) is 2.93. The fourth-order valence-corrected chi connectivity index (χ4v) is 3.31. The van der Waals surface area contributed by atoms with Crippen molar-refractivity contribution in [2.45, 2.75) is 32.6 Å². The molecule has 0 aliphatic heterocycles. The zero-order chi connectivity index (χ0) is 28.0. The van der Waals surface area contributed by atoms with Gasteiger partial charge >= 0.3 is 11.9 Å². The smallest absolute Gasteiger partial charge is 0.338 e. The number of unbranched alkanes of at least 4 members (excludes halogenated alkanes) is 1. The lowest BCUT2D eigenvalue weighted by atomic mass is 10.2. The van der Waals surface area contributed by atoms with Gasteiger partial charge in [0.1, 0.15) is 11.5 Å². The summed E-state index contributed by atoms with van der Waals surface area (Å²) in [7, 11) is 0. The SMILES string of the molecule is CCCCOC(=O)c1ccc(NC(=O)COC(=O)CCC(=O)Nc2ccc(Oc3ccc(Cl)cc3)cc2)cc1. The van der Waals surface area contributed by atoms with Crippen molar-refractivity contribution in [3.8, 4) is 11.5 Å². The predicted molar refractivity (Wildman–Crippen MR) is 147 cm³/mol. The van der Waals surface area contributed by atoms with Crippen molar-refractivity contribution in [1.29, 1.82) is 0 Å². The van der Waals surface area contributed by atoms with Gasteiger partial charge in [0, 0.05) is 22.8 Å². The third kappa shape index (κ3) is 10.5. The molecule has 0 radical (unpaired) electrons. The molecule has 0 fully saturated rings. The number of benzene rings is 3. The van der Waals surface area contributed by atoms with E-state index in [1.807, 2.05) is 6.92 Å². The van der Waals surface area contributed by atoms with Crippen LogP contribution in [0.5, 0.6) is 11.5 Å².